The number of piperazine rings is 1. The van der Waals surface area contributed by atoms with Crippen molar-refractivity contribution < 1.29 is 19.7 Å². The molecule has 8 nitrogen and oxygen atoms in total. The molecule has 0 spiro atoms. The van der Waals surface area contributed by atoms with Gasteiger partial charge in [-0.3, -0.25) is 4.90 Å². The highest BCUT2D eigenvalue weighted by molar-refractivity contribution is 5.65. The van der Waals surface area contributed by atoms with Crippen LogP contribution in [-0.2, 0) is 6.42 Å². The van der Waals surface area contributed by atoms with Gasteiger partial charge < -0.3 is 24.4 Å². The Kier molecular flexibility index (Phi) is 6.38. The monoisotopic (exact) mass is 416 g/mol. The van der Waals surface area contributed by atoms with E-state index in [4.69, 9.17) is 4.74 Å². The number of methoxy groups -OCH3 is 1. The van der Waals surface area contributed by atoms with Crippen molar-refractivity contribution in [2.75, 3.05) is 33.4 Å². The highest BCUT2D eigenvalue weighted by Crippen LogP contribution is 2.30. The molecule has 0 aliphatic carbocycles. The van der Waals surface area contributed by atoms with Gasteiger partial charge in [0, 0.05) is 54.4 Å². The Morgan fingerprint density at radius 3 is 2.50 bits per heavy atom. The number of amides is 1. The molecule has 30 heavy (non-hydrogen) atoms. The Morgan fingerprint density at radius 1 is 1.27 bits per heavy atom. The van der Waals surface area contributed by atoms with Crippen molar-refractivity contribution in [2.24, 2.45) is 0 Å². The lowest BCUT2D eigenvalue weighted by Gasteiger charge is -2.46. The van der Waals surface area contributed by atoms with Crippen LogP contribution >= 0.6 is 0 Å². The van der Waals surface area contributed by atoms with Crippen molar-refractivity contribution in [1.29, 1.82) is 0 Å². The third kappa shape index (κ3) is 4.29. The first-order chi connectivity index (χ1) is 14.2. The maximum atomic E-state index is 11.4. The van der Waals surface area contributed by atoms with E-state index in [1.54, 1.807) is 7.11 Å². The molecule has 2 aromatic rings. The number of pyridine rings is 1. The molecule has 8 heteroatoms. The Hall–Kier alpha value is -2.58. The molecule has 3 heterocycles. The van der Waals surface area contributed by atoms with E-state index in [0.29, 0.717) is 26.1 Å². The Balaban J connectivity index is 1.82. The van der Waals surface area contributed by atoms with Crippen molar-refractivity contribution in [2.45, 2.75) is 45.7 Å². The summed E-state index contributed by atoms with van der Waals surface area (Å²) in [5.41, 5.74) is 2.96. The quantitative estimate of drug-likeness (QED) is 0.752. The van der Waals surface area contributed by atoms with E-state index in [0.717, 1.165) is 28.5 Å². The number of carboxylic acid groups (broad SMARTS) is 1. The van der Waals surface area contributed by atoms with Crippen LogP contribution in [0.1, 0.15) is 30.8 Å². The molecular weight excluding hydrogens is 384 g/mol. The lowest BCUT2D eigenvalue weighted by atomic mass is 9.91. The van der Waals surface area contributed by atoms with Gasteiger partial charge in [-0.15, -0.1) is 0 Å². The number of ether oxygens (including phenoxy) is 1. The number of aliphatic hydroxyl groups is 1. The number of aliphatic hydroxyl groups excluding tert-OH is 1. The number of rotatable bonds is 6. The molecule has 1 aliphatic heterocycles. The van der Waals surface area contributed by atoms with Gasteiger partial charge in [-0.1, -0.05) is 0 Å². The minimum atomic E-state index is -0.983. The summed E-state index contributed by atoms with van der Waals surface area (Å²) in [6, 6.07) is 5.67. The van der Waals surface area contributed by atoms with Crippen molar-refractivity contribution in [3.63, 3.8) is 0 Å². The lowest BCUT2D eigenvalue weighted by Crippen LogP contribution is -2.61. The summed E-state index contributed by atoms with van der Waals surface area (Å²) >= 11 is 0. The third-order valence-electron chi connectivity index (χ3n) is 6.07. The van der Waals surface area contributed by atoms with E-state index in [2.05, 4.69) is 40.4 Å². The van der Waals surface area contributed by atoms with E-state index < -0.39 is 12.1 Å². The average molecular weight is 417 g/mol. The summed E-state index contributed by atoms with van der Waals surface area (Å²) in [6.45, 7) is 9.66. The SMILES string of the molecule is COc1cc(-n2c(C)ccc2C)ncc1CC(C)(C)N1CCN(C(=O)O)[C@@H](CO)C1. The molecule has 2 aromatic heterocycles. The highest BCUT2D eigenvalue weighted by atomic mass is 16.5. The Labute approximate surface area is 177 Å². The first-order valence-corrected chi connectivity index (χ1v) is 10.2. The van der Waals surface area contributed by atoms with Crippen LogP contribution in [0.2, 0.25) is 0 Å². The molecule has 0 radical (unpaired) electrons. The smallest absolute Gasteiger partial charge is 0.407 e. The van der Waals surface area contributed by atoms with Crippen LogP contribution in [0.5, 0.6) is 5.75 Å². The molecule has 1 fully saturated rings. The van der Waals surface area contributed by atoms with Crippen LogP contribution < -0.4 is 4.74 Å². The first kappa shape index (κ1) is 22.1. The van der Waals surface area contributed by atoms with Gasteiger partial charge in [-0.05, 0) is 46.2 Å². The fraction of sp³-hybridized carbons (Fsp3) is 0.545. The van der Waals surface area contributed by atoms with E-state index in [1.165, 1.54) is 4.90 Å². The zero-order chi connectivity index (χ0) is 22.1. The standard InChI is InChI=1S/C22H32N4O4/c1-15-6-7-16(2)26(15)20-10-19(30-5)17(12-23-20)11-22(3,4)24-8-9-25(21(28)29)18(13-24)14-27/h6-7,10,12,18,27H,8-9,11,13-14H2,1-5H3,(H,28,29)/t18-/m1/s1. The van der Waals surface area contributed by atoms with Gasteiger partial charge in [0.2, 0.25) is 0 Å². The summed E-state index contributed by atoms with van der Waals surface area (Å²) in [6.07, 6.45) is 1.58. The molecule has 1 aliphatic rings. The maximum Gasteiger partial charge on any atom is 0.407 e. The number of hydrogen-bond acceptors (Lipinski definition) is 5. The second-order valence-corrected chi connectivity index (χ2v) is 8.55. The summed E-state index contributed by atoms with van der Waals surface area (Å²) in [5.74, 6) is 1.60. The minimum absolute atomic E-state index is 0.186. The lowest BCUT2D eigenvalue weighted by molar-refractivity contribution is 0.000955. The fourth-order valence-corrected chi connectivity index (χ4v) is 4.32. The predicted molar refractivity (Wildman–Crippen MR) is 115 cm³/mol. The number of aromatic nitrogens is 2. The molecule has 1 atom stereocenters. The second kappa shape index (κ2) is 8.65. The number of nitrogens with zero attached hydrogens (tertiary/aromatic N) is 4. The summed E-state index contributed by atoms with van der Waals surface area (Å²) in [4.78, 5) is 19.6. The molecule has 0 bridgehead atoms. The maximum absolute atomic E-state index is 11.4. The Morgan fingerprint density at radius 2 is 1.93 bits per heavy atom. The molecule has 2 N–H and O–H groups in total. The second-order valence-electron chi connectivity index (χ2n) is 8.55. The van der Waals surface area contributed by atoms with Crippen molar-refractivity contribution in [3.05, 3.63) is 41.3 Å². The number of aryl methyl sites for hydroxylation is 2. The van der Waals surface area contributed by atoms with Gasteiger partial charge in [0.25, 0.3) is 0 Å². The van der Waals surface area contributed by atoms with Gasteiger partial charge in [0.1, 0.15) is 11.6 Å². The molecule has 0 aromatic carbocycles. The summed E-state index contributed by atoms with van der Waals surface area (Å²) in [5, 5.41) is 19.0. The largest absolute Gasteiger partial charge is 0.496 e. The van der Waals surface area contributed by atoms with Crippen LogP contribution in [0, 0.1) is 13.8 Å². The normalized spacial score (nSPS) is 17.9. The van der Waals surface area contributed by atoms with E-state index in [-0.39, 0.29) is 12.1 Å². The van der Waals surface area contributed by atoms with Crippen LogP contribution in [0.4, 0.5) is 4.79 Å². The van der Waals surface area contributed by atoms with Gasteiger partial charge in [-0.25, -0.2) is 9.78 Å². The van der Waals surface area contributed by atoms with Gasteiger partial charge >= 0.3 is 6.09 Å². The van der Waals surface area contributed by atoms with Crippen molar-refractivity contribution >= 4 is 6.09 Å². The van der Waals surface area contributed by atoms with E-state index in [1.807, 2.05) is 26.1 Å². The molecular formula is C22H32N4O4. The molecule has 0 saturated carbocycles. The van der Waals surface area contributed by atoms with Gasteiger partial charge in [0.05, 0.1) is 19.8 Å². The zero-order valence-electron chi connectivity index (χ0n) is 18.4. The number of hydrogen-bond donors (Lipinski definition) is 2. The van der Waals surface area contributed by atoms with Gasteiger partial charge in [0.15, 0.2) is 0 Å². The van der Waals surface area contributed by atoms with Crippen LogP contribution in [0.15, 0.2) is 24.4 Å². The van der Waals surface area contributed by atoms with Crippen LogP contribution in [0.25, 0.3) is 5.82 Å². The predicted octanol–water partition coefficient (Wildman–Crippen LogP) is 2.48. The first-order valence-electron chi connectivity index (χ1n) is 10.2. The average Bonchev–Trinajstić information content (AvgIpc) is 3.05. The molecule has 1 saturated heterocycles. The third-order valence-corrected chi connectivity index (χ3v) is 6.07. The van der Waals surface area contributed by atoms with E-state index >= 15 is 0 Å². The Bertz CT molecular complexity index is 889. The van der Waals surface area contributed by atoms with Crippen LogP contribution in [0.3, 0.4) is 0 Å². The molecule has 3 rings (SSSR count). The summed E-state index contributed by atoms with van der Waals surface area (Å²) < 4.78 is 7.78. The van der Waals surface area contributed by atoms with Crippen molar-refractivity contribution in [3.8, 4) is 11.6 Å². The van der Waals surface area contributed by atoms with E-state index in [9.17, 15) is 15.0 Å². The summed E-state index contributed by atoms with van der Waals surface area (Å²) in [7, 11) is 1.67. The molecule has 1 amide bonds. The van der Waals surface area contributed by atoms with Crippen molar-refractivity contribution in [1.82, 2.24) is 19.4 Å². The molecule has 0 unspecified atom stereocenters. The fourth-order valence-electron chi connectivity index (χ4n) is 4.32. The van der Waals surface area contributed by atoms with Crippen LogP contribution in [-0.4, -0.2) is 80.6 Å². The highest BCUT2D eigenvalue weighted by Gasteiger charge is 2.37. The van der Waals surface area contributed by atoms with Gasteiger partial charge in [-0.2, -0.15) is 0 Å². The number of carbonyl (C=O) groups is 1. The molecule has 164 valence electrons. The minimum Gasteiger partial charge on any atom is -0.496 e. The zero-order valence-corrected chi connectivity index (χ0v) is 18.4. The topological polar surface area (TPSA) is 91.1 Å².